The van der Waals surface area contributed by atoms with Crippen LogP contribution in [-0.2, 0) is 6.54 Å². The minimum atomic E-state index is -0.236. The number of fused-ring (bicyclic) bond motifs is 1. The van der Waals surface area contributed by atoms with E-state index in [9.17, 15) is 4.39 Å². The summed E-state index contributed by atoms with van der Waals surface area (Å²) in [4.78, 5) is 1.06. The molecule has 0 amide bonds. The van der Waals surface area contributed by atoms with E-state index in [0.717, 1.165) is 32.7 Å². The Hall–Kier alpha value is -2.84. The van der Waals surface area contributed by atoms with Gasteiger partial charge in [0.15, 0.2) is 5.82 Å². The first-order valence-corrected chi connectivity index (χ1v) is 10.8. The molecule has 0 unspecified atom stereocenters. The molecule has 0 bridgehead atoms. The second-order valence-electron chi connectivity index (χ2n) is 6.56. The Morgan fingerprint density at radius 2 is 1.83 bits per heavy atom. The number of rotatable bonds is 5. The number of thiophene rings is 1. The summed E-state index contributed by atoms with van der Waals surface area (Å²) in [6.07, 6.45) is 0. The highest BCUT2D eigenvalue weighted by Crippen LogP contribution is 2.45. The third kappa shape index (κ3) is 3.38. The van der Waals surface area contributed by atoms with Crippen LogP contribution in [0.5, 0.6) is 5.75 Å². The molecule has 0 radical (unpaired) electrons. The van der Waals surface area contributed by atoms with Crippen LogP contribution in [0.25, 0.3) is 10.7 Å². The largest absolute Gasteiger partial charge is 0.497 e. The van der Waals surface area contributed by atoms with Gasteiger partial charge in [-0.2, -0.15) is 0 Å². The maximum absolute atomic E-state index is 13.4. The lowest BCUT2D eigenvalue weighted by Gasteiger charge is -2.28. The topological polar surface area (TPSA) is 43.2 Å². The van der Waals surface area contributed by atoms with Crippen LogP contribution in [0.1, 0.15) is 16.5 Å². The molecule has 4 aromatic rings. The van der Waals surface area contributed by atoms with E-state index in [2.05, 4.69) is 32.0 Å². The summed E-state index contributed by atoms with van der Waals surface area (Å²) in [6.45, 7) is 0.605. The van der Waals surface area contributed by atoms with Crippen molar-refractivity contribution in [2.75, 3.05) is 12.1 Å². The Bertz CT molecular complexity index is 1110. The average molecular weight is 425 g/mol. The van der Waals surface area contributed by atoms with Crippen molar-refractivity contribution in [3.05, 3.63) is 83.0 Å². The Morgan fingerprint density at radius 3 is 2.52 bits per heavy atom. The van der Waals surface area contributed by atoms with Gasteiger partial charge in [-0.3, -0.25) is 5.01 Å². The first-order chi connectivity index (χ1) is 14.2. The summed E-state index contributed by atoms with van der Waals surface area (Å²) in [5, 5.41) is 14.0. The van der Waals surface area contributed by atoms with Gasteiger partial charge in [-0.25, -0.2) is 9.07 Å². The molecule has 3 heterocycles. The van der Waals surface area contributed by atoms with Gasteiger partial charge in [0.2, 0.25) is 5.16 Å². The van der Waals surface area contributed by atoms with Crippen LogP contribution >= 0.6 is 23.1 Å². The van der Waals surface area contributed by atoms with Gasteiger partial charge in [-0.1, -0.05) is 42.1 Å². The molecule has 0 fully saturated rings. The van der Waals surface area contributed by atoms with Crippen LogP contribution in [0.15, 0.2) is 71.2 Å². The van der Waals surface area contributed by atoms with E-state index in [4.69, 9.17) is 4.74 Å². The zero-order chi connectivity index (χ0) is 19.8. The molecule has 2 aromatic carbocycles. The molecule has 0 N–H and O–H groups in total. The van der Waals surface area contributed by atoms with Crippen LogP contribution in [0.2, 0.25) is 0 Å². The van der Waals surface area contributed by atoms with Crippen molar-refractivity contribution >= 4 is 23.1 Å². The minimum Gasteiger partial charge on any atom is -0.497 e. The van der Waals surface area contributed by atoms with Crippen molar-refractivity contribution < 1.29 is 9.13 Å². The molecule has 0 saturated heterocycles. The summed E-state index contributed by atoms with van der Waals surface area (Å²) in [5.41, 5.74) is 2.16. The molecule has 8 heteroatoms. The van der Waals surface area contributed by atoms with Crippen molar-refractivity contribution in [1.82, 2.24) is 14.9 Å². The van der Waals surface area contributed by atoms with Crippen molar-refractivity contribution in [3.8, 4) is 16.5 Å². The highest BCUT2D eigenvalue weighted by Gasteiger charge is 2.36. The zero-order valence-corrected chi connectivity index (χ0v) is 17.2. The summed E-state index contributed by atoms with van der Waals surface area (Å²) < 4.78 is 20.8. The quantitative estimate of drug-likeness (QED) is 0.446. The molecular formula is C21H17FN4OS2. The second kappa shape index (κ2) is 7.53. The van der Waals surface area contributed by atoms with E-state index in [1.54, 1.807) is 30.2 Å². The van der Waals surface area contributed by atoms with Gasteiger partial charge in [0.05, 0.1) is 18.5 Å². The van der Waals surface area contributed by atoms with E-state index in [0.29, 0.717) is 6.54 Å². The molecule has 0 saturated carbocycles. The maximum Gasteiger partial charge on any atom is 0.212 e. The van der Waals surface area contributed by atoms with Crippen LogP contribution in [-0.4, -0.2) is 22.0 Å². The molecule has 1 atom stereocenters. The summed E-state index contributed by atoms with van der Waals surface area (Å²) in [5.74, 6) is 1.40. The molecule has 1 aliphatic heterocycles. The van der Waals surface area contributed by atoms with Gasteiger partial charge in [-0.05, 0) is 46.8 Å². The van der Waals surface area contributed by atoms with Crippen LogP contribution in [0, 0.1) is 5.82 Å². The zero-order valence-electron chi connectivity index (χ0n) is 15.5. The Labute approximate surface area is 175 Å². The number of ether oxygens (including phenoxy) is 1. The normalized spacial score (nSPS) is 15.5. The van der Waals surface area contributed by atoms with Crippen molar-refractivity contribution in [1.29, 1.82) is 0 Å². The Balaban J connectivity index is 1.56. The minimum absolute atomic E-state index is 0.0233. The number of halogens is 1. The van der Waals surface area contributed by atoms with Gasteiger partial charge >= 0.3 is 0 Å². The third-order valence-electron chi connectivity index (χ3n) is 4.76. The fraction of sp³-hybridized carbons (Fsp3) is 0.143. The van der Waals surface area contributed by atoms with Gasteiger partial charge in [0.1, 0.15) is 16.9 Å². The van der Waals surface area contributed by atoms with E-state index < -0.39 is 0 Å². The molecule has 5 rings (SSSR count). The number of benzene rings is 2. The third-order valence-corrected chi connectivity index (χ3v) is 6.83. The van der Waals surface area contributed by atoms with Gasteiger partial charge in [0, 0.05) is 0 Å². The van der Waals surface area contributed by atoms with Crippen molar-refractivity contribution in [2.45, 2.75) is 17.1 Å². The SMILES string of the molecule is COc1ccc([C@H]2Sc3nnc(-c4cccs4)n3N2Cc2ccc(F)cc2)cc1. The molecule has 29 heavy (non-hydrogen) atoms. The Morgan fingerprint density at radius 1 is 1.03 bits per heavy atom. The van der Waals surface area contributed by atoms with E-state index in [-0.39, 0.29) is 11.2 Å². The van der Waals surface area contributed by atoms with Crippen LogP contribution in [0.3, 0.4) is 0 Å². The van der Waals surface area contributed by atoms with Crippen LogP contribution in [0.4, 0.5) is 4.39 Å². The summed E-state index contributed by atoms with van der Waals surface area (Å²) >= 11 is 3.29. The lowest BCUT2D eigenvalue weighted by atomic mass is 10.2. The molecule has 0 aliphatic carbocycles. The number of hydrogen-bond acceptors (Lipinski definition) is 6. The number of thioether (sulfide) groups is 1. The maximum atomic E-state index is 13.4. The molecular weight excluding hydrogens is 407 g/mol. The van der Waals surface area contributed by atoms with Gasteiger partial charge in [-0.15, -0.1) is 21.5 Å². The van der Waals surface area contributed by atoms with E-state index >= 15 is 0 Å². The molecule has 146 valence electrons. The number of aromatic nitrogens is 3. The lowest BCUT2D eigenvalue weighted by Crippen LogP contribution is -2.33. The molecule has 0 spiro atoms. The smallest absolute Gasteiger partial charge is 0.212 e. The van der Waals surface area contributed by atoms with Gasteiger partial charge < -0.3 is 4.74 Å². The monoisotopic (exact) mass is 424 g/mol. The van der Waals surface area contributed by atoms with Gasteiger partial charge in [0.25, 0.3) is 0 Å². The first-order valence-electron chi connectivity index (χ1n) is 9.04. The average Bonchev–Trinajstić information content (AvgIpc) is 3.48. The van der Waals surface area contributed by atoms with E-state index in [1.165, 1.54) is 12.1 Å². The van der Waals surface area contributed by atoms with E-state index in [1.807, 2.05) is 41.8 Å². The molecule has 1 aliphatic rings. The number of methoxy groups -OCH3 is 1. The van der Waals surface area contributed by atoms with Crippen molar-refractivity contribution in [2.24, 2.45) is 0 Å². The predicted octanol–water partition coefficient (Wildman–Crippen LogP) is 5.10. The fourth-order valence-electron chi connectivity index (χ4n) is 3.33. The lowest BCUT2D eigenvalue weighted by molar-refractivity contribution is 0.414. The summed E-state index contributed by atoms with van der Waals surface area (Å²) in [6, 6.07) is 18.7. The summed E-state index contributed by atoms with van der Waals surface area (Å²) in [7, 11) is 1.66. The standard InChI is InChI=1S/C21H17FN4OS2/c1-27-17-10-6-15(7-11-17)20-25(13-14-4-8-16(22)9-5-14)26-19(18-3-2-12-28-18)23-24-21(26)29-20/h2-12,20H,13H2,1H3/t20-/m1/s1. The highest BCUT2D eigenvalue weighted by atomic mass is 32.2. The fourth-order valence-corrected chi connectivity index (χ4v) is 5.19. The number of hydrogen-bond donors (Lipinski definition) is 0. The number of nitrogens with zero attached hydrogens (tertiary/aromatic N) is 4. The van der Waals surface area contributed by atoms with Crippen molar-refractivity contribution in [3.63, 3.8) is 0 Å². The molecule has 2 aromatic heterocycles. The first kappa shape index (κ1) is 18.2. The Kier molecular flexibility index (Phi) is 4.73. The van der Waals surface area contributed by atoms with Crippen LogP contribution < -0.4 is 9.75 Å². The highest BCUT2D eigenvalue weighted by molar-refractivity contribution is 7.99. The molecule has 5 nitrogen and oxygen atoms in total. The predicted molar refractivity (Wildman–Crippen MR) is 113 cm³/mol. The second-order valence-corrected chi connectivity index (χ2v) is 8.56.